The maximum absolute atomic E-state index is 11.9. The summed E-state index contributed by atoms with van der Waals surface area (Å²) in [5.41, 5.74) is -0.859. The number of hydrogen-bond donors (Lipinski definition) is 1. The Morgan fingerprint density at radius 2 is 2.18 bits per heavy atom. The van der Waals surface area contributed by atoms with Gasteiger partial charge < -0.3 is 4.90 Å². The average Bonchev–Trinajstić information content (AvgIpc) is 2.76. The molecular formula is C11H16N4O2. The fraction of sp³-hybridized carbons (Fsp3) is 0.727. The molecule has 2 fully saturated rings. The van der Waals surface area contributed by atoms with Crippen LogP contribution in [0.25, 0.3) is 0 Å². The lowest BCUT2D eigenvalue weighted by Gasteiger charge is -2.29. The van der Waals surface area contributed by atoms with E-state index in [1.165, 1.54) is 4.90 Å². The van der Waals surface area contributed by atoms with E-state index in [-0.39, 0.29) is 24.0 Å². The molecule has 2 atom stereocenters. The number of nitrogens with zero attached hydrogens (tertiary/aromatic N) is 3. The molecule has 1 spiro atoms. The summed E-state index contributed by atoms with van der Waals surface area (Å²) in [6, 6.07) is 1.70. The van der Waals surface area contributed by atoms with Crippen molar-refractivity contribution in [2.75, 3.05) is 13.6 Å². The molecule has 6 heteroatoms. The number of amides is 3. The quantitative estimate of drug-likeness (QED) is 0.646. The molecule has 0 aromatic heterocycles. The Balaban J connectivity index is 2.34. The van der Waals surface area contributed by atoms with Gasteiger partial charge in [-0.25, -0.2) is 4.79 Å². The number of nitrogens with one attached hydrogen (secondary N) is 1. The number of likely N-dealkylation sites (N-methyl/N-ethyl adjacent to an activating group) is 1. The predicted molar refractivity (Wildman–Crippen MR) is 59.9 cm³/mol. The van der Waals surface area contributed by atoms with Crippen molar-refractivity contribution < 1.29 is 9.59 Å². The molecule has 0 aliphatic carbocycles. The molecular weight excluding hydrogens is 220 g/mol. The molecule has 2 rings (SSSR count). The molecule has 0 aromatic carbocycles. The number of urea groups is 1. The first-order valence-electron chi connectivity index (χ1n) is 5.67. The number of carbonyl (C=O) groups is 2. The minimum Gasteiger partial charge on any atom is -0.311 e. The van der Waals surface area contributed by atoms with E-state index in [1.54, 1.807) is 7.05 Å². The van der Waals surface area contributed by atoms with Crippen LogP contribution in [0.5, 0.6) is 0 Å². The zero-order valence-electron chi connectivity index (χ0n) is 10.2. The number of nitriles is 1. The van der Waals surface area contributed by atoms with Gasteiger partial charge in [-0.05, 0) is 13.8 Å². The third-order valence-electron chi connectivity index (χ3n) is 3.78. The summed E-state index contributed by atoms with van der Waals surface area (Å²) in [5.74, 6) is -0.284. The number of rotatable bonds is 1. The summed E-state index contributed by atoms with van der Waals surface area (Å²) in [7, 11) is 1.61. The van der Waals surface area contributed by atoms with Crippen molar-refractivity contribution >= 4 is 11.9 Å². The van der Waals surface area contributed by atoms with Crippen LogP contribution in [0, 0.1) is 11.3 Å². The third kappa shape index (κ3) is 1.50. The summed E-state index contributed by atoms with van der Waals surface area (Å²) < 4.78 is 0. The normalized spacial score (nSPS) is 33.6. The van der Waals surface area contributed by atoms with E-state index in [0.29, 0.717) is 13.0 Å². The van der Waals surface area contributed by atoms with E-state index in [1.807, 2.05) is 18.7 Å². The second-order valence-electron chi connectivity index (χ2n) is 4.96. The van der Waals surface area contributed by atoms with Gasteiger partial charge in [-0.3, -0.25) is 15.0 Å². The van der Waals surface area contributed by atoms with Gasteiger partial charge in [0, 0.05) is 26.1 Å². The van der Waals surface area contributed by atoms with E-state index >= 15 is 0 Å². The molecule has 6 nitrogen and oxygen atoms in total. The topological polar surface area (TPSA) is 76.4 Å². The molecule has 2 saturated heterocycles. The van der Waals surface area contributed by atoms with Gasteiger partial charge in [-0.2, -0.15) is 5.26 Å². The average molecular weight is 236 g/mol. The number of imide groups is 1. The van der Waals surface area contributed by atoms with Gasteiger partial charge in [0.05, 0.1) is 6.07 Å². The van der Waals surface area contributed by atoms with Crippen LogP contribution >= 0.6 is 0 Å². The van der Waals surface area contributed by atoms with Crippen LogP contribution in [-0.2, 0) is 4.79 Å². The molecule has 3 amide bonds. The fourth-order valence-corrected chi connectivity index (χ4v) is 2.63. The van der Waals surface area contributed by atoms with Crippen LogP contribution < -0.4 is 5.32 Å². The van der Waals surface area contributed by atoms with Crippen molar-refractivity contribution in [3.05, 3.63) is 0 Å². The molecule has 2 aliphatic rings. The van der Waals surface area contributed by atoms with E-state index in [9.17, 15) is 9.59 Å². The third-order valence-corrected chi connectivity index (χ3v) is 3.78. The molecule has 0 saturated carbocycles. The van der Waals surface area contributed by atoms with E-state index in [2.05, 4.69) is 11.4 Å². The molecule has 2 heterocycles. The van der Waals surface area contributed by atoms with E-state index in [0.717, 1.165) is 0 Å². The molecule has 1 N–H and O–H groups in total. The first-order valence-corrected chi connectivity index (χ1v) is 5.67. The minimum atomic E-state index is -0.859. The van der Waals surface area contributed by atoms with Crippen molar-refractivity contribution in [3.8, 4) is 6.07 Å². The summed E-state index contributed by atoms with van der Waals surface area (Å²) >= 11 is 0. The summed E-state index contributed by atoms with van der Waals surface area (Å²) in [6.07, 6.45) is 0.385. The first-order chi connectivity index (χ1) is 7.92. The summed E-state index contributed by atoms with van der Waals surface area (Å²) in [4.78, 5) is 26.8. The highest BCUT2D eigenvalue weighted by Crippen LogP contribution is 2.35. The standard InChI is InChI=1S/C11H16N4O2/c1-7(2)15-6-11(4-8(15)5-12)9(16)13-10(17)14(11)3/h7-8H,4,6H2,1-3H3,(H,13,16,17)/t8?,11-/m1/s1. The first kappa shape index (κ1) is 11.9. The van der Waals surface area contributed by atoms with E-state index in [4.69, 9.17) is 5.26 Å². The van der Waals surface area contributed by atoms with Crippen LogP contribution in [-0.4, -0.2) is 53.0 Å². The summed E-state index contributed by atoms with van der Waals surface area (Å²) in [5, 5.41) is 11.5. The lowest BCUT2D eigenvalue weighted by Crippen LogP contribution is -2.50. The van der Waals surface area contributed by atoms with Crippen molar-refractivity contribution in [2.45, 2.75) is 37.9 Å². The largest absolute Gasteiger partial charge is 0.324 e. The van der Waals surface area contributed by atoms with Crippen molar-refractivity contribution in [1.82, 2.24) is 15.1 Å². The summed E-state index contributed by atoms with van der Waals surface area (Å²) in [6.45, 7) is 4.40. The predicted octanol–water partition coefficient (Wildman–Crippen LogP) is -0.0869. The Labute approximate surface area is 100 Å². The lowest BCUT2D eigenvalue weighted by molar-refractivity contribution is -0.125. The molecule has 0 bridgehead atoms. The molecule has 92 valence electrons. The SMILES string of the molecule is CC(C)N1C[C@]2(CC1C#N)C(=O)NC(=O)N2C. The van der Waals surface area contributed by atoms with Crippen molar-refractivity contribution in [2.24, 2.45) is 0 Å². The van der Waals surface area contributed by atoms with Crippen molar-refractivity contribution in [1.29, 1.82) is 5.26 Å². The highest BCUT2D eigenvalue weighted by atomic mass is 16.2. The van der Waals surface area contributed by atoms with Crippen LogP contribution in [0.1, 0.15) is 20.3 Å². The Morgan fingerprint density at radius 3 is 2.53 bits per heavy atom. The second kappa shape index (κ2) is 3.70. The van der Waals surface area contributed by atoms with Gasteiger partial charge >= 0.3 is 6.03 Å². The molecule has 17 heavy (non-hydrogen) atoms. The maximum atomic E-state index is 11.9. The lowest BCUT2D eigenvalue weighted by atomic mass is 9.95. The van der Waals surface area contributed by atoms with Crippen LogP contribution in [0.4, 0.5) is 4.79 Å². The Bertz CT molecular complexity index is 414. The molecule has 2 aliphatic heterocycles. The minimum absolute atomic E-state index is 0.177. The Kier molecular flexibility index (Phi) is 2.59. The zero-order chi connectivity index (χ0) is 12.8. The molecule has 0 radical (unpaired) electrons. The van der Waals surface area contributed by atoms with Gasteiger partial charge in [-0.1, -0.05) is 0 Å². The maximum Gasteiger partial charge on any atom is 0.324 e. The number of likely N-dealkylation sites (tertiary alicyclic amines) is 1. The van der Waals surface area contributed by atoms with Crippen LogP contribution in [0.15, 0.2) is 0 Å². The number of carbonyl (C=O) groups excluding carboxylic acids is 2. The highest BCUT2D eigenvalue weighted by Gasteiger charge is 2.58. The number of hydrogen-bond acceptors (Lipinski definition) is 4. The van der Waals surface area contributed by atoms with Crippen LogP contribution in [0.3, 0.4) is 0 Å². The molecule has 1 unspecified atom stereocenters. The molecule has 0 aromatic rings. The van der Waals surface area contributed by atoms with Gasteiger partial charge in [0.15, 0.2) is 0 Å². The Morgan fingerprint density at radius 1 is 1.53 bits per heavy atom. The van der Waals surface area contributed by atoms with Gasteiger partial charge in [0.2, 0.25) is 0 Å². The van der Waals surface area contributed by atoms with Gasteiger partial charge in [0.1, 0.15) is 11.6 Å². The fourth-order valence-electron chi connectivity index (χ4n) is 2.63. The second-order valence-corrected chi connectivity index (χ2v) is 4.96. The Hall–Kier alpha value is -1.61. The smallest absolute Gasteiger partial charge is 0.311 e. The van der Waals surface area contributed by atoms with Crippen molar-refractivity contribution in [3.63, 3.8) is 0 Å². The van der Waals surface area contributed by atoms with Crippen LogP contribution in [0.2, 0.25) is 0 Å². The van der Waals surface area contributed by atoms with Gasteiger partial charge in [-0.15, -0.1) is 0 Å². The highest BCUT2D eigenvalue weighted by molar-refractivity contribution is 6.07. The van der Waals surface area contributed by atoms with E-state index < -0.39 is 5.54 Å². The zero-order valence-corrected chi connectivity index (χ0v) is 10.2. The monoisotopic (exact) mass is 236 g/mol. The van der Waals surface area contributed by atoms with Gasteiger partial charge in [0.25, 0.3) is 5.91 Å².